The lowest BCUT2D eigenvalue weighted by Gasteiger charge is -2.42. The van der Waals surface area contributed by atoms with Crippen LogP contribution < -0.4 is 16.4 Å². The maximum atomic E-state index is 12.6. The van der Waals surface area contributed by atoms with Crippen molar-refractivity contribution in [3.05, 3.63) is 35.4 Å². The minimum absolute atomic E-state index is 0.147. The van der Waals surface area contributed by atoms with E-state index in [0.717, 1.165) is 0 Å². The van der Waals surface area contributed by atoms with Crippen molar-refractivity contribution < 1.29 is 34.5 Å². The summed E-state index contributed by atoms with van der Waals surface area (Å²) in [6.45, 7) is 1.32. The van der Waals surface area contributed by atoms with E-state index in [-0.39, 0.29) is 30.7 Å². The molecule has 11 heteroatoms. The SMILES string of the molecule is C[C@H](NC(=O)c1ccc(C(=N)N)cc1)C(=O)NC1(C(=O)C(=O)O)CCCC(O)C1O. The van der Waals surface area contributed by atoms with Gasteiger partial charge in [-0.15, -0.1) is 0 Å². The zero-order valence-electron chi connectivity index (χ0n) is 16.2. The molecule has 0 spiro atoms. The maximum Gasteiger partial charge on any atom is 0.374 e. The molecule has 8 N–H and O–H groups in total. The molecule has 1 fully saturated rings. The van der Waals surface area contributed by atoms with E-state index in [4.69, 9.17) is 16.2 Å². The average Bonchev–Trinajstić information content (AvgIpc) is 2.70. The number of carboxylic acid groups (broad SMARTS) is 1. The summed E-state index contributed by atoms with van der Waals surface area (Å²) in [5.74, 6) is -5.00. The first kappa shape index (κ1) is 23.0. The van der Waals surface area contributed by atoms with Crippen LogP contribution in [0.25, 0.3) is 0 Å². The standard InChI is InChI=1S/C19H24N4O7/c1-9(22-17(28)11-6-4-10(5-7-11)15(20)21)16(27)23-19(14(26)18(29)30)8-2-3-12(24)13(19)25/h4-7,9,12-13,24-25H,2-3,8H2,1H3,(H3,20,21)(H,22,28)(H,23,27)(H,29,30)/t9-,12?,13?,19?/m0/s1. The Morgan fingerprint density at radius 1 is 1.17 bits per heavy atom. The van der Waals surface area contributed by atoms with Crippen LogP contribution in [0.3, 0.4) is 0 Å². The van der Waals surface area contributed by atoms with E-state index in [0.29, 0.717) is 5.56 Å². The Kier molecular flexibility index (Phi) is 6.90. The molecule has 0 saturated heterocycles. The van der Waals surface area contributed by atoms with Gasteiger partial charge in [0.15, 0.2) is 0 Å². The maximum absolute atomic E-state index is 12.6. The van der Waals surface area contributed by atoms with Gasteiger partial charge in [0.25, 0.3) is 11.7 Å². The van der Waals surface area contributed by atoms with Gasteiger partial charge in [-0.25, -0.2) is 4.79 Å². The van der Waals surface area contributed by atoms with Gasteiger partial charge in [-0.1, -0.05) is 12.1 Å². The van der Waals surface area contributed by atoms with Crippen molar-refractivity contribution in [1.82, 2.24) is 10.6 Å². The Morgan fingerprint density at radius 2 is 1.73 bits per heavy atom. The second-order valence-electron chi connectivity index (χ2n) is 7.19. The number of aliphatic hydroxyl groups is 2. The van der Waals surface area contributed by atoms with E-state index in [1.807, 2.05) is 0 Å². The Hall–Kier alpha value is -3.31. The number of ketones is 1. The number of aliphatic hydroxyl groups excluding tert-OH is 2. The van der Waals surface area contributed by atoms with Gasteiger partial charge < -0.3 is 31.7 Å². The normalized spacial score (nSPS) is 24.4. The molecular formula is C19H24N4O7. The Balaban J connectivity index is 2.15. The van der Waals surface area contributed by atoms with Gasteiger partial charge in [0.05, 0.1) is 6.10 Å². The molecule has 30 heavy (non-hydrogen) atoms. The predicted molar refractivity (Wildman–Crippen MR) is 104 cm³/mol. The van der Waals surface area contributed by atoms with Gasteiger partial charge in [0.2, 0.25) is 5.91 Å². The molecule has 0 bridgehead atoms. The van der Waals surface area contributed by atoms with E-state index in [2.05, 4.69) is 10.6 Å². The quantitative estimate of drug-likeness (QED) is 0.157. The predicted octanol–water partition coefficient (Wildman–Crippen LogP) is -1.50. The Labute approximate surface area is 171 Å². The van der Waals surface area contributed by atoms with Gasteiger partial charge in [-0.05, 0) is 38.3 Å². The summed E-state index contributed by atoms with van der Waals surface area (Å²) in [6.07, 6.45) is -3.00. The van der Waals surface area contributed by atoms with Gasteiger partial charge in [-0.2, -0.15) is 0 Å². The molecule has 1 aromatic carbocycles. The number of nitrogen functional groups attached to an aromatic ring is 1. The number of amidine groups is 1. The molecule has 11 nitrogen and oxygen atoms in total. The molecule has 0 aromatic heterocycles. The largest absolute Gasteiger partial charge is 0.475 e. The van der Waals surface area contributed by atoms with Gasteiger partial charge >= 0.3 is 5.97 Å². The van der Waals surface area contributed by atoms with Crippen molar-refractivity contribution in [2.24, 2.45) is 5.73 Å². The number of carbonyl (C=O) groups excluding carboxylic acids is 3. The number of carboxylic acids is 1. The van der Waals surface area contributed by atoms with Crippen molar-refractivity contribution in [3.63, 3.8) is 0 Å². The zero-order valence-corrected chi connectivity index (χ0v) is 16.2. The van der Waals surface area contributed by atoms with Gasteiger partial charge in [-0.3, -0.25) is 19.8 Å². The van der Waals surface area contributed by atoms with E-state index in [1.54, 1.807) is 0 Å². The van der Waals surface area contributed by atoms with Crippen LogP contribution in [0.1, 0.15) is 42.1 Å². The van der Waals surface area contributed by atoms with Crippen molar-refractivity contribution in [2.45, 2.75) is 50.0 Å². The van der Waals surface area contributed by atoms with Gasteiger partial charge in [0.1, 0.15) is 23.5 Å². The summed E-state index contributed by atoms with van der Waals surface area (Å²) in [5, 5.41) is 41.3. The molecule has 1 aliphatic carbocycles. The first-order chi connectivity index (χ1) is 14.0. The lowest BCUT2D eigenvalue weighted by Crippen LogP contribution is -2.69. The second-order valence-corrected chi connectivity index (χ2v) is 7.19. The van der Waals surface area contributed by atoms with Crippen LogP contribution in [0.2, 0.25) is 0 Å². The lowest BCUT2D eigenvalue weighted by atomic mass is 9.74. The fourth-order valence-electron chi connectivity index (χ4n) is 3.33. The molecule has 1 aliphatic rings. The lowest BCUT2D eigenvalue weighted by molar-refractivity contribution is -0.161. The number of benzene rings is 1. The van der Waals surface area contributed by atoms with E-state index in [9.17, 15) is 29.4 Å². The second kappa shape index (κ2) is 9.01. The molecule has 2 rings (SSSR count). The third-order valence-corrected chi connectivity index (χ3v) is 5.09. The molecule has 0 heterocycles. The first-order valence-corrected chi connectivity index (χ1v) is 9.21. The van der Waals surface area contributed by atoms with Crippen molar-refractivity contribution in [3.8, 4) is 0 Å². The summed E-state index contributed by atoms with van der Waals surface area (Å²) in [7, 11) is 0. The fraction of sp³-hybridized carbons (Fsp3) is 0.421. The van der Waals surface area contributed by atoms with Crippen LogP contribution in [0, 0.1) is 5.41 Å². The highest BCUT2D eigenvalue weighted by atomic mass is 16.4. The number of hydrogen-bond acceptors (Lipinski definition) is 7. The summed E-state index contributed by atoms with van der Waals surface area (Å²) in [6, 6.07) is 4.56. The van der Waals surface area contributed by atoms with E-state index >= 15 is 0 Å². The highest BCUT2D eigenvalue weighted by Gasteiger charge is 2.53. The molecule has 1 aromatic rings. The number of nitrogens with two attached hydrogens (primary N) is 1. The molecule has 0 radical (unpaired) electrons. The molecule has 3 unspecified atom stereocenters. The minimum atomic E-state index is -2.19. The fourth-order valence-corrected chi connectivity index (χ4v) is 3.33. The Morgan fingerprint density at radius 3 is 2.27 bits per heavy atom. The van der Waals surface area contributed by atoms with Crippen LogP contribution in [0.4, 0.5) is 0 Å². The van der Waals surface area contributed by atoms with Crippen molar-refractivity contribution in [1.29, 1.82) is 5.41 Å². The summed E-state index contributed by atoms with van der Waals surface area (Å²) < 4.78 is 0. The first-order valence-electron chi connectivity index (χ1n) is 9.21. The summed E-state index contributed by atoms with van der Waals surface area (Å²) in [4.78, 5) is 48.5. The molecule has 4 atom stereocenters. The summed E-state index contributed by atoms with van der Waals surface area (Å²) >= 11 is 0. The smallest absolute Gasteiger partial charge is 0.374 e. The minimum Gasteiger partial charge on any atom is -0.475 e. The van der Waals surface area contributed by atoms with Crippen molar-refractivity contribution in [2.75, 3.05) is 0 Å². The molecule has 2 amide bonds. The van der Waals surface area contributed by atoms with Crippen LogP contribution in [0.5, 0.6) is 0 Å². The van der Waals surface area contributed by atoms with Crippen LogP contribution in [0.15, 0.2) is 24.3 Å². The molecule has 0 aliphatic heterocycles. The molecule has 1 saturated carbocycles. The van der Waals surface area contributed by atoms with Crippen LogP contribution in [-0.2, 0) is 14.4 Å². The molecular weight excluding hydrogens is 396 g/mol. The van der Waals surface area contributed by atoms with Gasteiger partial charge in [0, 0.05) is 11.1 Å². The summed E-state index contributed by atoms with van der Waals surface area (Å²) in [5.41, 5.74) is 3.76. The third kappa shape index (κ3) is 4.63. The molecule has 162 valence electrons. The number of aliphatic carboxylic acids is 1. The highest BCUT2D eigenvalue weighted by molar-refractivity contribution is 6.37. The monoisotopic (exact) mass is 420 g/mol. The van der Waals surface area contributed by atoms with Crippen LogP contribution in [-0.4, -0.2) is 68.5 Å². The number of hydrogen-bond donors (Lipinski definition) is 7. The highest BCUT2D eigenvalue weighted by Crippen LogP contribution is 2.30. The third-order valence-electron chi connectivity index (χ3n) is 5.09. The number of Topliss-reactive ketones (excluding diaryl/α,β-unsaturated/α-hetero) is 1. The number of carbonyl (C=O) groups is 4. The topological polar surface area (TPSA) is 203 Å². The number of amides is 2. The average molecular weight is 420 g/mol. The number of rotatable bonds is 7. The van der Waals surface area contributed by atoms with Crippen molar-refractivity contribution >= 4 is 29.4 Å². The number of nitrogens with one attached hydrogen (secondary N) is 3. The Bertz CT molecular complexity index is 870. The van der Waals surface area contributed by atoms with E-state index in [1.165, 1.54) is 31.2 Å². The van der Waals surface area contributed by atoms with Crippen LogP contribution >= 0.6 is 0 Å². The van der Waals surface area contributed by atoms with E-state index < -0.39 is 47.4 Å². The zero-order chi connectivity index (χ0) is 22.6.